The zero-order valence-corrected chi connectivity index (χ0v) is 31.5. The van der Waals surface area contributed by atoms with Gasteiger partial charge in [0, 0.05) is 43.6 Å². The van der Waals surface area contributed by atoms with Crippen molar-refractivity contribution in [3.05, 3.63) is 188 Å². The second-order valence-electron chi connectivity index (χ2n) is 15.2. The number of nitrogens with zero attached hydrogens (tertiary/aromatic N) is 5. The molecule has 0 atom stereocenters. The van der Waals surface area contributed by atoms with Crippen LogP contribution in [0.5, 0.6) is 0 Å². The lowest BCUT2D eigenvalue weighted by atomic mass is 10.00. The lowest BCUT2D eigenvalue weighted by molar-refractivity contribution is 0.669. The van der Waals surface area contributed by atoms with Gasteiger partial charge in [0.2, 0.25) is 5.95 Å². The molecule has 0 saturated carbocycles. The van der Waals surface area contributed by atoms with E-state index in [1.165, 1.54) is 32.6 Å². The maximum atomic E-state index is 6.71. The quantitative estimate of drug-likeness (QED) is 0.180. The fraction of sp³-hybridized carbons (Fsp3) is 0. The zero-order chi connectivity index (χ0) is 38.6. The zero-order valence-electron chi connectivity index (χ0n) is 31.5. The summed E-state index contributed by atoms with van der Waals surface area (Å²) in [5.41, 5.74) is 8.75. The summed E-state index contributed by atoms with van der Waals surface area (Å²) in [4.78, 5) is 15.9. The van der Waals surface area contributed by atoms with E-state index < -0.39 is 0 Å². The lowest BCUT2D eigenvalue weighted by Gasteiger charge is -2.12. The Hall–Kier alpha value is -8.09. The number of rotatable bonds is 4. The van der Waals surface area contributed by atoms with E-state index in [-0.39, 0.29) is 0 Å². The molecule has 0 aliphatic heterocycles. The molecule has 9 aromatic carbocycles. The van der Waals surface area contributed by atoms with E-state index in [0.29, 0.717) is 17.6 Å². The van der Waals surface area contributed by atoms with Crippen molar-refractivity contribution in [2.24, 2.45) is 0 Å². The molecule has 0 spiro atoms. The molecule has 0 radical (unpaired) electrons. The van der Waals surface area contributed by atoms with Gasteiger partial charge in [0.1, 0.15) is 11.2 Å². The van der Waals surface area contributed by atoms with Crippen LogP contribution >= 0.6 is 0 Å². The highest BCUT2D eigenvalue weighted by Crippen LogP contribution is 2.42. The van der Waals surface area contributed by atoms with Crippen LogP contribution < -0.4 is 0 Å². The number of benzene rings is 9. The van der Waals surface area contributed by atoms with Crippen molar-refractivity contribution < 1.29 is 4.42 Å². The Kier molecular flexibility index (Phi) is 6.63. The summed E-state index contributed by atoms with van der Waals surface area (Å²) in [5.74, 6) is 1.66. The first-order valence-electron chi connectivity index (χ1n) is 19.9. The molecule has 4 aromatic heterocycles. The molecule has 0 N–H and O–H groups in total. The van der Waals surface area contributed by atoms with Crippen molar-refractivity contribution in [1.29, 1.82) is 0 Å². The molecule has 0 aliphatic carbocycles. The summed E-state index contributed by atoms with van der Waals surface area (Å²) >= 11 is 0. The Morgan fingerprint density at radius 2 is 0.966 bits per heavy atom. The first-order chi connectivity index (χ1) is 29.3. The summed E-state index contributed by atoms with van der Waals surface area (Å²) in [6.07, 6.45) is 0. The highest BCUT2D eigenvalue weighted by atomic mass is 16.3. The predicted molar refractivity (Wildman–Crippen MR) is 242 cm³/mol. The van der Waals surface area contributed by atoms with E-state index >= 15 is 0 Å². The molecule has 4 heterocycles. The van der Waals surface area contributed by atoms with Crippen LogP contribution in [0.3, 0.4) is 0 Å². The summed E-state index contributed by atoms with van der Waals surface area (Å²) in [6, 6.07) is 66.1. The van der Waals surface area contributed by atoms with E-state index in [1.807, 2.05) is 30.3 Å². The maximum Gasteiger partial charge on any atom is 0.238 e. The average Bonchev–Trinajstić information content (AvgIpc) is 3.97. The van der Waals surface area contributed by atoms with Crippen molar-refractivity contribution in [3.63, 3.8) is 0 Å². The molecular formula is C53H31N5O. The van der Waals surface area contributed by atoms with Gasteiger partial charge in [-0.2, -0.15) is 9.97 Å². The smallest absolute Gasteiger partial charge is 0.238 e. The third-order valence-electron chi connectivity index (χ3n) is 11.9. The minimum Gasteiger partial charge on any atom is -0.455 e. The minimum atomic E-state index is 0.533. The van der Waals surface area contributed by atoms with Crippen molar-refractivity contribution >= 4 is 87.1 Å². The Labute approximate surface area is 336 Å². The summed E-state index contributed by atoms with van der Waals surface area (Å²) < 4.78 is 11.3. The molecule has 0 fully saturated rings. The third kappa shape index (κ3) is 4.65. The first kappa shape index (κ1) is 32.0. The fourth-order valence-electron chi connectivity index (χ4n) is 9.38. The van der Waals surface area contributed by atoms with Gasteiger partial charge in [-0.15, -0.1) is 0 Å². The standard InChI is InChI=1S/C53H31N5O/c1-2-15-33(16-3-1)51-54-52(42-30-34-17-5-7-19-37(34)49-40-22-10-13-25-47(40)59-50(42)49)56-53(55-51)58-45-29-27-35(31-41(45)48-36-18-6-4-14-32(36)26-28-46(48)58)57-43-23-11-8-20-38(43)39-21-9-12-24-44(39)57/h1-31H. The molecule has 0 amide bonds. The molecule has 0 aliphatic rings. The lowest BCUT2D eigenvalue weighted by Crippen LogP contribution is -2.06. The topological polar surface area (TPSA) is 61.7 Å². The maximum absolute atomic E-state index is 6.71. The largest absolute Gasteiger partial charge is 0.455 e. The normalized spacial score (nSPS) is 12.1. The van der Waals surface area contributed by atoms with Crippen molar-refractivity contribution in [3.8, 4) is 34.4 Å². The van der Waals surface area contributed by atoms with Crippen LogP contribution in [-0.2, 0) is 0 Å². The monoisotopic (exact) mass is 753 g/mol. The number of hydrogen-bond acceptors (Lipinski definition) is 4. The highest BCUT2D eigenvalue weighted by Gasteiger charge is 2.23. The first-order valence-corrected chi connectivity index (χ1v) is 19.9. The van der Waals surface area contributed by atoms with Crippen molar-refractivity contribution in [2.75, 3.05) is 0 Å². The Morgan fingerprint density at radius 1 is 0.373 bits per heavy atom. The van der Waals surface area contributed by atoms with E-state index in [0.717, 1.165) is 71.3 Å². The van der Waals surface area contributed by atoms with E-state index in [2.05, 4.69) is 167 Å². The Balaban J connectivity index is 1.14. The highest BCUT2D eigenvalue weighted by molar-refractivity contribution is 6.23. The molecule has 274 valence electrons. The molecule has 13 aromatic rings. The van der Waals surface area contributed by atoms with Gasteiger partial charge in [-0.1, -0.05) is 140 Å². The Morgan fingerprint density at radius 3 is 1.75 bits per heavy atom. The third-order valence-corrected chi connectivity index (χ3v) is 11.9. The van der Waals surface area contributed by atoms with Crippen molar-refractivity contribution in [1.82, 2.24) is 24.1 Å². The minimum absolute atomic E-state index is 0.533. The molecule has 6 heteroatoms. The predicted octanol–water partition coefficient (Wildman–Crippen LogP) is 13.6. The van der Waals surface area contributed by atoms with Gasteiger partial charge < -0.3 is 8.98 Å². The molecule has 0 saturated heterocycles. The SMILES string of the molecule is c1ccc(-c2nc(-c3cc4ccccc4c4c3oc3ccccc34)nc(-n3c4ccc(-n5c6ccccc6c6ccccc65)cc4c4c5ccccc5ccc43)n2)cc1. The molecule has 0 unspecified atom stereocenters. The van der Waals surface area contributed by atoms with E-state index in [4.69, 9.17) is 19.4 Å². The van der Waals surface area contributed by atoms with E-state index in [1.54, 1.807) is 0 Å². The number of fused-ring (bicyclic) bond motifs is 13. The van der Waals surface area contributed by atoms with Crippen LogP contribution in [0.2, 0.25) is 0 Å². The van der Waals surface area contributed by atoms with Crippen LogP contribution in [-0.4, -0.2) is 24.1 Å². The Bertz CT molecular complexity index is 3800. The van der Waals surface area contributed by atoms with Crippen LogP contribution in [0.1, 0.15) is 0 Å². The summed E-state index contributed by atoms with van der Waals surface area (Å²) in [6.45, 7) is 0. The second-order valence-corrected chi connectivity index (χ2v) is 15.2. The number of para-hydroxylation sites is 3. The fourth-order valence-corrected chi connectivity index (χ4v) is 9.38. The molecule has 6 nitrogen and oxygen atoms in total. The van der Waals surface area contributed by atoms with E-state index in [9.17, 15) is 0 Å². The van der Waals surface area contributed by atoms with Gasteiger partial charge in [-0.25, -0.2) is 4.98 Å². The summed E-state index contributed by atoms with van der Waals surface area (Å²) in [7, 11) is 0. The van der Waals surface area contributed by atoms with Gasteiger partial charge in [0.15, 0.2) is 11.6 Å². The molecule has 59 heavy (non-hydrogen) atoms. The molecule has 0 bridgehead atoms. The molecule has 13 rings (SSSR count). The van der Waals surface area contributed by atoms with Gasteiger partial charge >= 0.3 is 0 Å². The van der Waals surface area contributed by atoms with Gasteiger partial charge in [0.05, 0.1) is 27.6 Å². The number of furan rings is 1. The van der Waals surface area contributed by atoms with Gasteiger partial charge in [-0.3, -0.25) is 4.57 Å². The average molecular weight is 754 g/mol. The van der Waals surface area contributed by atoms with Gasteiger partial charge in [0.25, 0.3) is 0 Å². The summed E-state index contributed by atoms with van der Waals surface area (Å²) in [5, 5.41) is 11.4. The van der Waals surface area contributed by atoms with Crippen LogP contribution in [0.25, 0.3) is 122 Å². The number of hydrogen-bond donors (Lipinski definition) is 0. The van der Waals surface area contributed by atoms with Crippen molar-refractivity contribution in [2.45, 2.75) is 0 Å². The van der Waals surface area contributed by atoms with Gasteiger partial charge in [-0.05, 0) is 70.1 Å². The van der Waals surface area contributed by atoms with Crippen LogP contribution in [0.4, 0.5) is 0 Å². The number of aromatic nitrogens is 5. The second kappa shape index (κ2) is 12.2. The molecular weight excluding hydrogens is 723 g/mol. The van der Waals surface area contributed by atoms with Crippen LogP contribution in [0.15, 0.2) is 192 Å². The van der Waals surface area contributed by atoms with Crippen LogP contribution in [0, 0.1) is 0 Å².